The molecule has 6 heteroatoms. The number of hydrogen-bond donors (Lipinski definition) is 1. The number of primary amides is 1. The molecule has 0 spiro atoms. The van der Waals surface area contributed by atoms with Crippen molar-refractivity contribution < 1.29 is 23.9 Å². The molecule has 26 heavy (non-hydrogen) atoms. The summed E-state index contributed by atoms with van der Waals surface area (Å²) < 4.78 is 10.4. The Bertz CT molecular complexity index is 798. The fourth-order valence-corrected chi connectivity index (χ4v) is 2.36. The fourth-order valence-electron chi connectivity index (χ4n) is 2.36. The molecule has 0 fully saturated rings. The van der Waals surface area contributed by atoms with Crippen molar-refractivity contribution in [3.8, 4) is 5.75 Å². The normalized spacial score (nSPS) is 11.5. The quantitative estimate of drug-likeness (QED) is 0.580. The SMILES string of the molecule is CCc1ccc(C(=O)[C@H](C)OC(=O)COc2ccccc2C(N)=O)cc1. The number of nitrogens with two attached hydrogens (primary N) is 1. The first-order chi connectivity index (χ1) is 12.4. The molecule has 0 aliphatic carbocycles. The first-order valence-electron chi connectivity index (χ1n) is 8.26. The van der Waals surface area contributed by atoms with Gasteiger partial charge in [0.2, 0.25) is 5.78 Å². The maximum absolute atomic E-state index is 12.3. The van der Waals surface area contributed by atoms with Gasteiger partial charge in [0, 0.05) is 5.56 Å². The van der Waals surface area contributed by atoms with Crippen LogP contribution in [-0.4, -0.2) is 30.4 Å². The second-order valence-corrected chi connectivity index (χ2v) is 5.70. The molecule has 1 amide bonds. The van der Waals surface area contributed by atoms with Crippen LogP contribution >= 0.6 is 0 Å². The zero-order valence-corrected chi connectivity index (χ0v) is 14.7. The molecular weight excluding hydrogens is 334 g/mol. The predicted octanol–water partition coefficient (Wildman–Crippen LogP) is 2.54. The van der Waals surface area contributed by atoms with Gasteiger partial charge in [0.25, 0.3) is 5.91 Å². The molecule has 2 aromatic rings. The van der Waals surface area contributed by atoms with E-state index < -0.39 is 24.6 Å². The molecular formula is C20H21NO5. The standard InChI is InChI=1S/C20H21NO5/c1-3-14-8-10-15(11-9-14)19(23)13(2)26-18(22)12-25-17-7-5-4-6-16(17)20(21)24/h4-11,13H,3,12H2,1-2H3,(H2,21,24)/t13-/m0/s1. The van der Waals surface area contributed by atoms with Crippen molar-refractivity contribution in [2.75, 3.05) is 6.61 Å². The number of benzene rings is 2. The van der Waals surface area contributed by atoms with Crippen LogP contribution in [0.3, 0.4) is 0 Å². The molecule has 0 radical (unpaired) electrons. The van der Waals surface area contributed by atoms with E-state index in [1.54, 1.807) is 24.3 Å². The summed E-state index contributed by atoms with van der Waals surface area (Å²) in [7, 11) is 0. The van der Waals surface area contributed by atoms with Gasteiger partial charge in [-0.15, -0.1) is 0 Å². The van der Waals surface area contributed by atoms with Crippen LogP contribution in [0.5, 0.6) is 5.75 Å². The van der Waals surface area contributed by atoms with Crippen molar-refractivity contribution >= 4 is 17.7 Å². The molecule has 0 saturated carbocycles. The summed E-state index contributed by atoms with van der Waals surface area (Å²) in [5.41, 5.74) is 7.01. The van der Waals surface area contributed by atoms with Crippen molar-refractivity contribution in [2.24, 2.45) is 5.73 Å². The third-order valence-electron chi connectivity index (χ3n) is 3.82. The Kier molecular flexibility index (Phi) is 6.49. The molecule has 0 saturated heterocycles. The molecule has 2 aromatic carbocycles. The van der Waals surface area contributed by atoms with Gasteiger partial charge in [-0.05, 0) is 31.0 Å². The molecule has 0 aliphatic rings. The molecule has 0 heterocycles. The summed E-state index contributed by atoms with van der Waals surface area (Å²) in [5, 5.41) is 0. The highest BCUT2D eigenvalue weighted by atomic mass is 16.6. The lowest BCUT2D eigenvalue weighted by molar-refractivity contribution is -0.148. The van der Waals surface area contributed by atoms with Crippen LogP contribution in [0.2, 0.25) is 0 Å². The monoisotopic (exact) mass is 355 g/mol. The molecule has 136 valence electrons. The van der Waals surface area contributed by atoms with E-state index in [0.29, 0.717) is 5.56 Å². The minimum Gasteiger partial charge on any atom is -0.481 e. The highest BCUT2D eigenvalue weighted by Crippen LogP contribution is 2.17. The van der Waals surface area contributed by atoms with Gasteiger partial charge in [-0.3, -0.25) is 9.59 Å². The van der Waals surface area contributed by atoms with Gasteiger partial charge < -0.3 is 15.2 Å². The Balaban J connectivity index is 1.92. The number of aryl methyl sites for hydroxylation is 1. The second-order valence-electron chi connectivity index (χ2n) is 5.70. The zero-order valence-electron chi connectivity index (χ0n) is 14.7. The topological polar surface area (TPSA) is 95.7 Å². The number of hydrogen-bond acceptors (Lipinski definition) is 5. The molecule has 0 bridgehead atoms. The number of ketones is 1. The van der Waals surface area contributed by atoms with Crippen LogP contribution in [0.15, 0.2) is 48.5 Å². The van der Waals surface area contributed by atoms with Crippen LogP contribution < -0.4 is 10.5 Å². The van der Waals surface area contributed by atoms with Gasteiger partial charge in [-0.1, -0.05) is 43.3 Å². The maximum atomic E-state index is 12.3. The van der Waals surface area contributed by atoms with E-state index in [1.165, 1.54) is 19.1 Å². The fraction of sp³-hybridized carbons (Fsp3) is 0.250. The third kappa shape index (κ3) is 4.92. The predicted molar refractivity (Wildman–Crippen MR) is 96.2 cm³/mol. The van der Waals surface area contributed by atoms with Gasteiger partial charge in [0.15, 0.2) is 12.7 Å². The number of Topliss-reactive ketones (excluding diaryl/α,β-unsaturated/α-hetero) is 1. The van der Waals surface area contributed by atoms with Crippen LogP contribution in [0.25, 0.3) is 0 Å². The minimum absolute atomic E-state index is 0.167. The van der Waals surface area contributed by atoms with E-state index in [9.17, 15) is 14.4 Å². The first-order valence-corrected chi connectivity index (χ1v) is 8.26. The number of para-hydroxylation sites is 1. The van der Waals surface area contributed by atoms with Gasteiger partial charge in [-0.25, -0.2) is 4.79 Å². The summed E-state index contributed by atoms with van der Waals surface area (Å²) in [6.07, 6.45) is -0.0618. The van der Waals surface area contributed by atoms with Crippen molar-refractivity contribution in [3.63, 3.8) is 0 Å². The van der Waals surface area contributed by atoms with Crippen LogP contribution in [0.1, 0.15) is 40.1 Å². The average molecular weight is 355 g/mol. The molecule has 2 rings (SSSR count). The lowest BCUT2D eigenvalue weighted by Crippen LogP contribution is -2.27. The number of ether oxygens (including phenoxy) is 2. The maximum Gasteiger partial charge on any atom is 0.344 e. The van der Waals surface area contributed by atoms with E-state index in [-0.39, 0.29) is 17.1 Å². The van der Waals surface area contributed by atoms with Crippen molar-refractivity contribution in [1.82, 2.24) is 0 Å². The second kappa shape index (κ2) is 8.80. The van der Waals surface area contributed by atoms with Gasteiger partial charge in [-0.2, -0.15) is 0 Å². The van der Waals surface area contributed by atoms with Gasteiger partial charge in [0.1, 0.15) is 5.75 Å². The van der Waals surface area contributed by atoms with E-state index in [2.05, 4.69) is 0 Å². The summed E-state index contributed by atoms with van der Waals surface area (Å²) >= 11 is 0. The van der Waals surface area contributed by atoms with Crippen molar-refractivity contribution in [1.29, 1.82) is 0 Å². The van der Waals surface area contributed by atoms with Crippen LogP contribution in [-0.2, 0) is 16.0 Å². The number of rotatable bonds is 8. The van der Waals surface area contributed by atoms with Crippen molar-refractivity contribution in [3.05, 3.63) is 65.2 Å². The number of carbonyl (C=O) groups is 3. The Morgan fingerprint density at radius 3 is 2.31 bits per heavy atom. The lowest BCUT2D eigenvalue weighted by Gasteiger charge is -2.14. The summed E-state index contributed by atoms with van der Waals surface area (Å²) in [6, 6.07) is 13.5. The molecule has 0 aliphatic heterocycles. The molecule has 6 nitrogen and oxygen atoms in total. The van der Waals surface area contributed by atoms with E-state index >= 15 is 0 Å². The Labute approximate surface area is 151 Å². The highest BCUT2D eigenvalue weighted by Gasteiger charge is 2.20. The zero-order chi connectivity index (χ0) is 19.1. The largest absolute Gasteiger partial charge is 0.481 e. The van der Waals surface area contributed by atoms with Gasteiger partial charge >= 0.3 is 5.97 Å². The third-order valence-corrected chi connectivity index (χ3v) is 3.82. The number of amides is 1. The Hall–Kier alpha value is -3.15. The van der Waals surface area contributed by atoms with E-state index in [4.69, 9.17) is 15.2 Å². The Morgan fingerprint density at radius 2 is 1.69 bits per heavy atom. The first kappa shape index (κ1) is 19.2. The lowest BCUT2D eigenvalue weighted by atomic mass is 10.0. The molecule has 1 atom stereocenters. The molecule has 2 N–H and O–H groups in total. The van der Waals surface area contributed by atoms with Crippen molar-refractivity contribution in [2.45, 2.75) is 26.4 Å². The smallest absolute Gasteiger partial charge is 0.344 e. The molecule has 0 aromatic heterocycles. The summed E-state index contributed by atoms with van der Waals surface area (Å²) in [5.74, 6) is -1.48. The average Bonchev–Trinajstić information content (AvgIpc) is 2.66. The van der Waals surface area contributed by atoms with E-state index in [0.717, 1.165) is 12.0 Å². The van der Waals surface area contributed by atoms with Gasteiger partial charge in [0.05, 0.1) is 5.56 Å². The number of carbonyl (C=O) groups excluding carboxylic acids is 3. The summed E-state index contributed by atoms with van der Waals surface area (Å²) in [6.45, 7) is 3.10. The highest BCUT2D eigenvalue weighted by molar-refractivity contribution is 6.00. The summed E-state index contributed by atoms with van der Waals surface area (Å²) in [4.78, 5) is 35.6. The molecule has 0 unspecified atom stereocenters. The van der Waals surface area contributed by atoms with Crippen LogP contribution in [0, 0.1) is 0 Å². The van der Waals surface area contributed by atoms with E-state index in [1.807, 2.05) is 19.1 Å². The number of esters is 1. The minimum atomic E-state index is -0.940. The van der Waals surface area contributed by atoms with Crippen LogP contribution in [0.4, 0.5) is 0 Å². The Morgan fingerprint density at radius 1 is 1.04 bits per heavy atom.